The summed E-state index contributed by atoms with van der Waals surface area (Å²) in [7, 11) is 0. The number of nitrogens with zero attached hydrogens (tertiary/aromatic N) is 2. The fraction of sp³-hybridized carbons (Fsp3) is 0.783. The normalized spacial score (nSPS) is 30.0. The first-order chi connectivity index (χ1) is 15.5. The van der Waals surface area contributed by atoms with Gasteiger partial charge in [-0.25, -0.2) is 0 Å². The summed E-state index contributed by atoms with van der Waals surface area (Å²) in [5.74, 6) is -1.63. The molecule has 2 saturated carbocycles. The van der Waals surface area contributed by atoms with E-state index in [1.807, 2.05) is 0 Å². The van der Waals surface area contributed by atoms with Gasteiger partial charge < -0.3 is 9.47 Å². The quantitative estimate of drug-likeness (QED) is 0.297. The fourth-order valence-electron chi connectivity index (χ4n) is 5.64. The summed E-state index contributed by atoms with van der Waals surface area (Å²) in [6, 6.07) is 0. The van der Waals surface area contributed by atoms with E-state index in [0.29, 0.717) is 0 Å². The van der Waals surface area contributed by atoms with Crippen LogP contribution in [0.4, 0.5) is 0 Å². The Bertz CT molecular complexity index is 734. The molecule has 0 N–H and O–H groups in total. The van der Waals surface area contributed by atoms with Crippen LogP contribution in [-0.4, -0.2) is 72.3 Å². The maximum absolute atomic E-state index is 12.4. The minimum absolute atomic E-state index is 0.0185. The highest BCUT2D eigenvalue weighted by Crippen LogP contribution is 2.38. The molecule has 0 bridgehead atoms. The molecule has 2 saturated heterocycles. The summed E-state index contributed by atoms with van der Waals surface area (Å²) in [6.45, 7) is 0.590. The highest BCUT2D eigenvalue weighted by Gasteiger charge is 2.48. The lowest BCUT2D eigenvalue weighted by molar-refractivity contribution is -0.149. The number of ether oxygens (including phenoxy) is 2. The molecular formula is C23H32N2O7. The average Bonchev–Trinajstić information content (AvgIpc) is 3.19. The lowest BCUT2D eigenvalue weighted by Gasteiger charge is -2.19. The third kappa shape index (κ3) is 4.58. The maximum atomic E-state index is 12.4. The standard InChI is InChI=1S/C23H32N2O7/c26-19(32-14-11-25-22(29)17-7-3-4-8-18(17)23(25)30)9-12-31-13-10-24-20(27)15-5-1-2-6-16(15)21(24)28/h15-18H,1-14H2. The van der Waals surface area contributed by atoms with E-state index in [2.05, 4.69) is 0 Å². The molecule has 4 aliphatic rings. The van der Waals surface area contributed by atoms with E-state index in [1.54, 1.807) is 0 Å². The average molecular weight is 449 g/mol. The SMILES string of the molecule is O=C(CCOCCN1C(=O)C2CCCCC2C1=O)OCCN1C(=O)C2CCCCC2C1=O. The Morgan fingerprint density at radius 1 is 0.656 bits per heavy atom. The van der Waals surface area contributed by atoms with Crippen molar-refractivity contribution in [3.8, 4) is 0 Å². The smallest absolute Gasteiger partial charge is 0.308 e. The molecule has 9 nitrogen and oxygen atoms in total. The van der Waals surface area contributed by atoms with E-state index in [-0.39, 0.29) is 86.6 Å². The minimum atomic E-state index is -0.471. The van der Waals surface area contributed by atoms with Gasteiger partial charge in [0.05, 0.1) is 56.4 Å². The van der Waals surface area contributed by atoms with Crippen molar-refractivity contribution < 1.29 is 33.4 Å². The van der Waals surface area contributed by atoms with Crippen LogP contribution < -0.4 is 0 Å². The van der Waals surface area contributed by atoms with Crippen LogP contribution in [0.15, 0.2) is 0 Å². The largest absolute Gasteiger partial charge is 0.464 e. The number of imide groups is 2. The number of likely N-dealkylation sites (tertiary alicyclic amines) is 2. The molecule has 2 aliphatic heterocycles. The van der Waals surface area contributed by atoms with Gasteiger partial charge in [-0.3, -0.25) is 33.8 Å². The summed E-state index contributed by atoms with van der Waals surface area (Å²) < 4.78 is 10.6. The number of esters is 1. The summed E-state index contributed by atoms with van der Waals surface area (Å²) >= 11 is 0. The number of carbonyl (C=O) groups excluding carboxylic acids is 5. The first-order valence-electron chi connectivity index (χ1n) is 11.9. The number of hydrogen-bond acceptors (Lipinski definition) is 7. The molecular weight excluding hydrogens is 416 g/mol. The van der Waals surface area contributed by atoms with Gasteiger partial charge in [0.2, 0.25) is 23.6 Å². The molecule has 4 amide bonds. The van der Waals surface area contributed by atoms with E-state index in [1.165, 1.54) is 9.80 Å². The molecule has 176 valence electrons. The van der Waals surface area contributed by atoms with Gasteiger partial charge in [-0.1, -0.05) is 25.7 Å². The summed E-state index contributed by atoms with van der Waals surface area (Å²) in [5, 5.41) is 0. The molecule has 0 radical (unpaired) electrons. The number of hydrogen-bond donors (Lipinski definition) is 0. The van der Waals surface area contributed by atoms with Crippen LogP contribution in [0.2, 0.25) is 0 Å². The Labute approximate surface area is 187 Å². The highest BCUT2D eigenvalue weighted by molar-refractivity contribution is 6.05. The maximum Gasteiger partial charge on any atom is 0.308 e. The Kier molecular flexibility index (Phi) is 7.23. The van der Waals surface area contributed by atoms with Crippen molar-refractivity contribution in [1.82, 2.24) is 9.80 Å². The van der Waals surface area contributed by atoms with Crippen molar-refractivity contribution in [3.05, 3.63) is 0 Å². The zero-order chi connectivity index (χ0) is 22.7. The lowest BCUT2D eigenvalue weighted by atomic mass is 9.81. The summed E-state index contributed by atoms with van der Waals surface area (Å²) in [5.41, 5.74) is 0. The van der Waals surface area contributed by atoms with Crippen molar-refractivity contribution in [2.45, 2.75) is 57.8 Å². The lowest BCUT2D eigenvalue weighted by Crippen LogP contribution is -2.35. The Morgan fingerprint density at radius 2 is 1.06 bits per heavy atom. The number of fused-ring (bicyclic) bond motifs is 2. The van der Waals surface area contributed by atoms with Crippen LogP contribution in [-0.2, 0) is 33.4 Å². The van der Waals surface area contributed by atoms with Gasteiger partial charge in [0.25, 0.3) is 0 Å². The highest BCUT2D eigenvalue weighted by atomic mass is 16.5. The second kappa shape index (κ2) is 10.1. The molecule has 4 unspecified atom stereocenters. The summed E-state index contributed by atoms with van der Waals surface area (Å²) in [4.78, 5) is 64.1. The zero-order valence-electron chi connectivity index (χ0n) is 18.5. The number of amides is 4. The third-order valence-corrected chi connectivity index (χ3v) is 7.35. The van der Waals surface area contributed by atoms with Crippen molar-refractivity contribution in [3.63, 3.8) is 0 Å². The predicted molar refractivity (Wildman–Crippen MR) is 111 cm³/mol. The van der Waals surface area contributed by atoms with Crippen LogP contribution in [0.3, 0.4) is 0 Å². The molecule has 0 aromatic heterocycles. The second-order valence-corrected chi connectivity index (χ2v) is 9.23. The van der Waals surface area contributed by atoms with Crippen molar-refractivity contribution in [2.75, 3.05) is 32.9 Å². The molecule has 2 aliphatic carbocycles. The van der Waals surface area contributed by atoms with Gasteiger partial charge >= 0.3 is 5.97 Å². The first-order valence-corrected chi connectivity index (χ1v) is 11.9. The molecule has 4 atom stereocenters. The van der Waals surface area contributed by atoms with Crippen LogP contribution in [0, 0.1) is 23.7 Å². The molecule has 2 heterocycles. The van der Waals surface area contributed by atoms with Gasteiger partial charge in [-0.05, 0) is 25.7 Å². The van der Waals surface area contributed by atoms with Gasteiger partial charge in [0, 0.05) is 0 Å². The van der Waals surface area contributed by atoms with E-state index in [0.717, 1.165) is 51.4 Å². The van der Waals surface area contributed by atoms with E-state index >= 15 is 0 Å². The van der Waals surface area contributed by atoms with E-state index < -0.39 is 5.97 Å². The second-order valence-electron chi connectivity index (χ2n) is 9.23. The third-order valence-electron chi connectivity index (χ3n) is 7.35. The van der Waals surface area contributed by atoms with Crippen LogP contribution in [0.1, 0.15) is 57.8 Å². The number of carbonyl (C=O) groups is 5. The van der Waals surface area contributed by atoms with Gasteiger partial charge in [0.15, 0.2) is 0 Å². The van der Waals surface area contributed by atoms with Crippen LogP contribution >= 0.6 is 0 Å². The molecule has 9 heteroatoms. The van der Waals surface area contributed by atoms with Gasteiger partial charge in [0.1, 0.15) is 6.61 Å². The molecule has 4 rings (SSSR count). The van der Waals surface area contributed by atoms with Crippen LogP contribution in [0.5, 0.6) is 0 Å². The van der Waals surface area contributed by atoms with Crippen molar-refractivity contribution >= 4 is 29.6 Å². The molecule has 0 aromatic rings. The van der Waals surface area contributed by atoms with Gasteiger partial charge in [-0.2, -0.15) is 0 Å². The van der Waals surface area contributed by atoms with Crippen LogP contribution in [0.25, 0.3) is 0 Å². The topological polar surface area (TPSA) is 110 Å². The molecule has 32 heavy (non-hydrogen) atoms. The van der Waals surface area contributed by atoms with Gasteiger partial charge in [-0.15, -0.1) is 0 Å². The monoisotopic (exact) mass is 448 g/mol. The predicted octanol–water partition coefficient (Wildman–Crippen LogP) is 1.29. The van der Waals surface area contributed by atoms with Crippen molar-refractivity contribution in [1.29, 1.82) is 0 Å². The fourth-order valence-corrected chi connectivity index (χ4v) is 5.64. The first kappa shape index (κ1) is 22.9. The Balaban J connectivity index is 1.09. The van der Waals surface area contributed by atoms with Crippen molar-refractivity contribution in [2.24, 2.45) is 23.7 Å². The molecule has 4 fully saturated rings. The molecule has 0 spiro atoms. The molecule has 0 aromatic carbocycles. The Hall–Kier alpha value is -2.29. The minimum Gasteiger partial charge on any atom is -0.464 e. The van der Waals surface area contributed by atoms with E-state index in [9.17, 15) is 24.0 Å². The van der Waals surface area contributed by atoms with E-state index in [4.69, 9.17) is 9.47 Å². The zero-order valence-corrected chi connectivity index (χ0v) is 18.5. The number of rotatable bonds is 9. The Morgan fingerprint density at radius 3 is 1.50 bits per heavy atom. The summed E-state index contributed by atoms with van der Waals surface area (Å²) in [6.07, 6.45) is 7.07.